The first-order valence-corrected chi connectivity index (χ1v) is 6.93. The van der Waals surface area contributed by atoms with Gasteiger partial charge in [-0.1, -0.05) is 6.92 Å². The van der Waals surface area contributed by atoms with E-state index in [1.807, 2.05) is 26.2 Å². The molecule has 1 aromatic heterocycles. The molecular formula is C14H25N3O2. The molecular weight excluding hydrogens is 242 g/mol. The molecule has 108 valence electrons. The highest BCUT2D eigenvalue weighted by Gasteiger charge is 2.32. The average molecular weight is 267 g/mol. The molecule has 0 fully saturated rings. The minimum Gasteiger partial charge on any atom is -0.465 e. The van der Waals surface area contributed by atoms with Crippen molar-refractivity contribution in [1.29, 1.82) is 0 Å². The fourth-order valence-corrected chi connectivity index (χ4v) is 2.08. The Bertz CT molecular complexity index is 403. The predicted molar refractivity (Wildman–Crippen MR) is 74.9 cm³/mol. The number of rotatable bonds is 8. The van der Waals surface area contributed by atoms with Crippen LogP contribution in [-0.4, -0.2) is 34.7 Å². The summed E-state index contributed by atoms with van der Waals surface area (Å²) in [7, 11) is 1.80. The Morgan fingerprint density at radius 2 is 2.26 bits per heavy atom. The molecule has 0 spiro atoms. The van der Waals surface area contributed by atoms with E-state index in [1.165, 1.54) is 0 Å². The van der Waals surface area contributed by atoms with Crippen LogP contribution in [0.3, 0.4) is 0 Å². The number of hydrogen-bond acceptors (Lipinski definition) is 4. The van der Waals surface area contributed by atoms with E-state index in [1.54, 1.807) is 7.05 Å². The SMILES string of the molecule is CCOC(=O)C(C)(CCCn1ccnc1CC)NC. The molecule has 1 unspecified atom stereocenters. The quantitative estimate of drug-likeness (QED) is 0.729. The summed E-state index contributed by atoms with van der Waals surface area (Å²) in [5.41, 5.74) is -0.608. The Morgan fingerprint density at radius 1 is 1.53 bits per heavy atom. The van der Waals surface area contributed by atoms with E-state index in [0.717, 1.165) is 31.6 Å². The Labute approximate surface area is 115 Å². The molecule has 0 amide bonds. The van der Waals surface area contributed by atoms with Crippen molar-refractivity contribution in [2.75, 3.05) is 13.7 Å². The largest absolute Gasteiger partial charge is 0.465 e. The first-order chi connectivity index (χ1) is 9.07. The van der Waals surface area contributed by atoms with E-state index < -0.39 is 5.54 Å². The number of imidazole rings is 1. The van der Waals surface area contributed by atoms with Gasteiger partial charge < -0.3 is 14.6 Å². The molecule has 5 nitrogen and oxygen atoms in total. The van der Waals surface area contributed by atoms with Crippen LogP contribution >= 0.6 is 0 Å². The molecule has 1 atom stereocenters. The van der Waals surface area contributed by atoms with Crippen LogP contribution in [0.4, 0.5) is 0 Å². The molecule has 0 aliphatic heterocycles. The molecule has 0 bridgehead atoms. The molecule has 0 aliphatic rings. The lowest BCUT2D eigenvalue weighted by atomic mass is 9.96. The number of ether oxygens (including phenoxy) is 1. The summed E-state index contributed by atoms with van der Waals surface area (Å²) < 4.78 is 7.25. The number of esters is 1. The Balaban J connectivity index is 2.52. The third-order valence-corrected chi connectivity index (χ3v) is 3.47. The summed E-state index contributed by atoms with van der Waals surface area (Å²) >= 11 is 0. The standard InChI is InChI=1S/C14H25N3O2/c1-5-12-16-9-11-17(12)10-7-8-14(3,15-4)13(18)19-6-2/h9,11,15H,5-8,10H2,1-4H3. The maximum Gasteiger partial charge on any atom is 0.326 e. The first kappa shape index (κ1) is 15.7. The maximum absolute atomic E-state index is 11.9. The number of hydrogen-bond donors (Lipinski definition) is 1. The lowest BCUT2D eigenvalue weighted by molar-refractivity contribution is -0.150. The minimum absolute atomic E-state index is 0.182. The Kier molecular flexibility index (Phi) is 6.02. The predicted octanol–water partition coefficient (Wildman–Crippen LogP) is 1.77. The minimum atomic E-state index is -0.608. The molecule has 5 heteroatoms. The second-order valence-electron chi connectivity index (χ2n) is 4.80. The second-order valence-corrected chi connectivity index (χ2v) is 4.80. The maximum atomic E-state index is 11.9. The van der Waals surface area contributed by atoms with Gasteiger partial charge >= 0.3 is 5.97 Å². The summed E-state index contributed by atoms with van der Waals surface area (Å²) in [4.78, 5) is 16.2. The third-order valence-electron chi connectivity index (χ3n) is 3.47. The Hall–Kier alpha value is -1.36. The summed E-state index contributed by atoms with van der Waals surface area (Å²) in [6.07, 6.45) is 6.37. The summed E-state index contributed by atoms with van der Waals surface area (Å²) in [5.74, 6) is 0.904. The van der Waals surface area contributed by atoms with E-state index in [9.17, 15) is 4.79 Å². The molecule has 1 heterocycles. The van der Waals surface area contributed by atoms with E-state index in [2.05, 4.69) is 21.8 Å². The third kappa shape index (κ3) is 4.06. The molecule has 0 aliphatic carbocycles. The van der Waals surface area contributed by atoms with Gasteiger partial charge in [0.25, 0.3) is 0 Å². The van der Waals surface area contributed by atoms with Crippen LogP contribution in [0.2, 0.25) is 0 Å². The van der Waals surface area contributed by atoms with Crippen molar-refractivity contribution < 1.29 is 9.53 Å². The second kappa shape index (κ2) is 7.28. The summed E-state index contributed by atoms with van der Waals surface area (Å²) in [6, 6.07) is 0. The molecule has 1 aromatic rings. The van der Waals surface area contributed by atoms with Crippen molar-refractivity contribution in [1.82, 2.24) is 14.9 Å². The lowest BCUT2D eigenvalue weighted by Crippen LogP contribution is -2.48. The van der Waals surface area contributed by atoms with Gasteiger partial charge in [0, 0.05) is 25.4 Å². The number of carbonyl (C=O) groups is 1. The van der Waals surface area contributed by atoms with E-state index in [4.69, 9.17) is 4.74 Å². The van der Waals surface area contributed by atoms with Crippen molar-refractivity contribution in [3.63, 3.8) is 0 Å². The number of nitrogens with zero attached hydrogens (tertiary/aromatic N) is 2. The molecule has 0 saturated carbocycles. The van der Waals surface area contributed by atoms with Crippen molar-refractivity contribution in [3.05, 3.63) is 18.2 Å². The molecule has 1 N–H and O–H groups in total. The zero-order chi connectivity index (χ0) is 14.3. The lowest BCUT2D eigenvalue weighted by Gasteiger charge is -2.26. The number of aryl methyl sites for hydroxylation is 2. The van der Waals surface area contributed by atoms with Crippen LogP contribution in [0.15, 0.2) is 12.4 Å². The number of likely N-dealkylation sites (N-methyl/N-ethyl adjacent to an activating group) is 1. The van der Waals surface area contributed by atoms with Gasteiger partial charge in [-0.3, -0.25) is 4.79 Å². The average Bonchev–Trinajstić information content (AvgIpc) is 2.86. The van der Waals surface area contributed by atoms with Crippen LogP contribution in [0, 0.1) is 0 Å². The molecule has 0 radical (unpaired) electrons. The smallest absolute Gasteiger partial charge is 0.326 e. The van der Waals surface area contributed by atoms with Gasteiger partial charge in [0.05, 0.1) is 6.61 Å². The highest BCUT2D eigenvalue weighted by Crippen LogP contribution is 2.15. The van der Waals surface area contributed by atoms with E-state index >= 15 is 0 Å². The Morgan fingerprint density at radius 3 is 2.84 bits per heavy atom. The highest BCUT2D eigenvalue weighted by atomic mass is 16.5. The topological polar surface area (TPSA) is 56.2 Å². The van der Waals surface area contributed by atoms with Crippen LogP contribution in [-0.2, 0) is 22.5 Å². The van der Waals surface area contributed by atoms with Gasteiger partial charge in [0.15, 0.2) is 0 Å². The zero-order valence-electron chi connectivity index (χ0n) is 12.4. The highest BCUT2D eigenvalue weighted by molar-refractivity contribution is 5.80. The van der Waals surface area contributed by atoms with E-state index in [0.29, 0.717) is 6.61 Å². The molecule has 1 rings (SSSR count). The first-order valence-electron chi connectivity index (χ1n) is 6.93. The fraction of sp³-hybridized carbons (Fsp3) is 0.714. The number of aromatic nitrogens is 2. The summed E-state index contributed by atoms with van der Waals surface area (Å²) in [5, 5.41) is 3.07. The van der Waals surface area contributed by atoms with Crippen LogP contribution in [0.5, 0.6) is 0 Å². The molecule has 19 heavy (non-hydrogen) atoms. The van der Waals surface area contributed by atoms with Gasteiger partial charge in [0.2, 0.25) is 0 Å². The van der Waals surface area contributed by atoms with Crippen LogP contribution in [0.1, 0.15) is 39.4 Å². The van der Waals surface area contributed by atoms with Crippen molar-refractivity contribution in [3.8, 4) is 0 Å². The van der Waals surface area contributed by atoms with Crippen molar-refractivity contribution >= 4 is 5.97 Å². The van der Waals surface area contributed by atoms with Crippen molar-refractivity contribution in [2.24, 2.45) is 0 Å². The molecule has 0 aromatic carbocycles. The number of nitrogens with one attached hydrogen (secondary N) is 1. The van der Waals surface area contributed by atoms with E-state index in [-0.39, 0.29) is 5.97 Å². The van der Waals surface area contributed by atoms with Crippen LogP contribution in [0.25, 0.3) is 0 Å². The number of carbonyl (C=O) groups excluding carboxylic acids is 1. The van der Waals surface area contributed by atoms with Gasteiger partial charge in [-0.05, 0) is 33.7 Å². The van der Waals surface area contributed by atoms with Gasteiger partial charge in [0.1, 0.15) is 11.4 Å². The van der Waals surface area contributed by atoms with Crippen molar-refractivity contribution in [2.45, 2.75) is 52.1 Å². The molecule has 0 saturated heterocycles. The van der Waals surface area contributed by atoms with Gasteiger partial charge in [-0.15, -0.1) is 0 Å². The van der Waals surface area contributed by atoms with Crippen LogP contribution < -0.4 is 5.32 Å². The summed E-state index contributed by atoms with van der Waals surface area (Å²) in [6.45, 7) is 7.10. The fourth-order valence-electron chi connectivity index (χ4n) is 2.08. The monoisotopic (exact) mass is 267 g/mol. The normalized spacial score (nSPS) is 14.1. The van der Waals surface area contributed by atoms with Gasteiger partial charge in [-0.25, -0.2) is 4.98 Å². The zero-order valence-corrected chi connectivity index (χ0v) is 12.4. The van der Waals surface area contributed by atoms with Gasteiger partial charge in [-0.2, -0.15) is 0 Å².